The summed E-state index contributed by atoms with van der Waals surface area (Å²) in [6, 6.07) is -0.704. The van der Waals surface area contributed by atoms with E-state index in [0.29, 0.717) is 12.3 Å². The van der Waals surface area contributed by atoms with Crippen molar-refractivity contribution in [3.8, 4) is 0 Å². The van der Waals surface area contributed by atoms with Gasteiger partial charge in [-0.05, 0) is 6.42 Å². The SMILES string of the molecule is CCCCN1C(=O)NC(CS)C1=O. The normalized spacial score (nSPS) is 22.3. The van der Waals surface area contributed by atoms with Crippen molar-refractivity contribution < 1.29 is 9.59 Å². The Morgan fingerprint density at radius 1 is 1.54 bits per heavy atom. The summed E-state index contributed by atoms with van der Waals surface area (Å²) in [5.74, 6) is 0.223. The number of carbonyl (C=O) groups is 2. The van der Waals surface area contributed by atoms with Gasteiger partial charge in [0.2, 0.25) is 0 Å². The van der Waals surface area contributed by atoms with Gasteiger partial charge in [-0.1, -0.05) is 13.3 Å². The molecule has 0 radical (unpaired) electrons. The summed E-state index contributed by atoms with van der Waals surface area (Å²) < 4.78 is 0. The van der Waals surface area contributed by atoms with E-state index in [0.717, 1.165) is 12.8 Å². The molecule has 0 aromatic heterocycles. The van der Waals surface area contributed by atoms with E-state index in [1.807, 2.05) is 6.92 Å². The van der Waals surface area contributed by atoms with Crippen molar-refractivity contribution >= 4 is 24.6 Å². The summed E-state index contributed by atoms with van der Waals surface area (Å²) in [6.45, 7) is 2.54. The van der Waals surface area contributed by atoms with Gasteiger partial charge in [-0.25, -0.2) is 4.79 Å². The lowest BCUT2D eigenvalue weighted by Gasteiger charge is -2.11. The number of nitrogens with zero attached hydrogens (tertiary/aromatic N) is 1. The second-order valence-corrected chi connectivity index (χ2v) is 3.39. The van der Waals surface area contributed by atoms with Crippen molar-refractivity contribution in [2.24, 2.45) is 0 Å². The van der Waals surface area contributed by atoms with Crippen molar-refractivity contribution in [2.75, 3.05) is 12.3 Å². The van der Waals surface area contributed by atoms with Gasteiger partial charge in [0.05, 0.1) is 0 Å². The predicted molar refractivity (Wildman–Crippen MR) is 52.8 cm³/mol. The number of imide groups is 1. The van der Waals surface area contributed by atoms with Crippen LogP contribution in [-0.2, 0) is 4.79 Å². The number of hydrogen-bond donors (Lipinski definition) is 2. The maximum absolute atomic E-state index is 11.4. The Balaban J connectivity index is 2.54. The van der Waals surface area contributed by atoms with Gasteiger partial charge in [0.15, 0.2) is 0 Å². The van der Waals surface area contributed by atoms with Crippen LogP contribution in [0, 0.1) is 0 Å². The first kappa shape index (κ1) is 10.4. The molecule has 1 heterocycles. The number of hydrogen-bond acceptors (Lipinski definition) is 3. The maximum atomic E-state index is 11.4. The van der Waals surface area contributed by atoms with Crippen LogP contribution in [0.3, 0.4) is 0 Å². The van der Waals surface area contributed by atoms with Crippen molar-refractivity contribution in [1.82, 2.24) is 10.2 Å². The van der Waals surface area contributed by atoms with E-state index in [4.69, 9.17) is 0 Å². The van der Waals surface area contributed by atoms with Crippen molar-refractivity contribution in [2.45, 2.75) is 25.8 Å². The number of rotatable bonds is 4. The number of thiol groups is 1. The molecule has 1 aliphatic heterocycles. The lowest BCUT2D eigenvalue weighted by molar-refractivity contribution is -0.127. The lowest BCUT2D eigenvalue weighted by atomic mass is 10.3. The highest BCUT2D eigenvalue weighted by Gasteiger charge is 2.36. The summed E-state index contributed by atoms with van der Waals surface area (Å²) in [5, 5.41) is 2.57. The highest BCUT2D eigenvalue weighted by Crippen LogP contribution is 2.08. The van der Waals surface area contributed by atoms with Crippen molar-refractivity contribution in [3.63, 3.8) is 0 Å². The molecule has 1 saturated heterocycles. The molecule has 74 valence electrons. The van der Waals surface area contributed by atoms with Gasteiger partial charge in [-0.15, -0.1) is 0 Å². The van der Waals surface area contributed by atoms with Crippen LogP contribution >= 0.6 is 12.6 Å². The molecule has 1 rings (SSSR count). The second kappa shape index (κ2) is 4.50. The van der Waals surface area contributed by atoms with Gasteiger partial charge in [0, 0.05) is 12.3 Å². The Hall–Kier alpha value is -0.710. The van der Waals surface area contributed by atoms with Crippen LogP contribution < -0.4 is 5.32 Å². The Morgan fingerprint density at radius 2 is 2.23 bits per heavy atom. The van der Waals surface area contributed by atoms with E-state index in [9.17, 15) is 9.59 Å². The summed E-state index contributed by atoms with van der Waals surface area (Å²) in [5.41, 5.74) is 0. The molecule has 1 unspecified atom stereocenters. The fraction of sp³-hybridized carbons (Fsp3) is 0.750. The summed E-state index contributed by atoms with van der Waals surface area (Å²) >= 11 is 3.99. The van der Waals surface area contributed by atoms with Crippen LogP contribution in [0.2, 0.25) is 0 Å². The van der Waals surface area contributed by atoms with E-state index in [2.05, 4.69) is 17.9 Å². The number of carbonyl (C=O) groups excluding carboxylic acids is 2. The second-order valence-electron chi connectivity index (χ2n) is 3.03. The lowest BCUT2D eigenvalue weighted by Crippen LogP contribution is -2.32. The van der Waals surface area contributed by atoms with Crippen molar-refractivity contribution in [1.29, 1.82) is 0 Å². The van der Waals surface area contributed by atoms with E-state index >= 15 is 0 Å². The minimum Gasteiger partial charge on any atom is -0.325 e. The molecule has 3 amide bonds. The fourth-order valence-electron chi connectivity index (χ4n) is 1.23. The molecule has 0 aliphatic carbocycles. The molecule has 4 nitrogen and oxygen atoms in total. The fourth-order valence-corrected chi connectivity index (χ4v) is 1.48. The monoisotopic (exact) mass is 202 g/mol. The van der Waals surface area contributed by atoms with E-state index in [-0.39, 0.29) is 11.9 Å². The van der Waals surface area contributed by atoms with Gasteiger partial charge in [-0.3, -0.25) is 9.69 Å². The third-order valence-corrected chi connectivity index (χ3v) is 2.39. The largest absolute Gasteiger partial charge is 0.325 e. The van der Waals surface area contributed by atoms with Gasteiger partial charge >= 0.3 is 6.03 Å². The van der Waals surface area contributed by atoms with Crippen LogP contribution in [0.1, 0.15) is 19.8 Å². The first-order chi connectivity index (χ1) is 6.20. The minimum absolute atomic E-state index is 0.145. The number of urea groups is 1. The van der Waals surface area contributed by atoms with Gasteiger partial charge in [-0.2, -0.15) is 12.6 Å². The average Bonchev–Trinajstić information content (AvgIpc) is 2.39. The summed E-state index contributed by atoms with van der Waals surface area (Å²) in [4.78, 5) is 23.9. The Morgan fingerprint density at radius 3 is 2.69 bits per heavy atom. The van der Waals surface area contributed by atoms with Crippen LogP contribution in [-0.4, -0.2) is 35.2 Å². The van der Waals surface area contributed by atoms with Gasteiger partial charge in [0.25, 0.3) is 5.91 Å². The van der Waals surface area contributed by atoms with Crippen LogP contribution in [0.5, 0.6) is 0 Å². The molecule has 0 bridgehead atoms. The first-order valence-electron chi connectivity index (χ1n) is 4.43. The number of amides is 3. The van der Waals surface area contributed by atoms with E-state index in [1.165, 1.54) is 4.90 Å². The maximum Gasteiger partial charge on any atom is 0.324 e. The quantitative estimate of drug-likeness (QED) is 0.519. The first-order valence-corrected chi connectivity index (χ1v) is 5.06. The van der Waals surface area contributed by atoms with E-state index < -0.39 is 6.04 Å². The van der Waals surface area contributed by atoms with E-state index in [1.54, 1.807) is 0 Å². The standard InChI is InChI=1S/C8H14N2O2S/c1-2-3-4-10-7(11)6(5-13)9-8(10)12/h6,13H,2-5H2,1H3,(H,9,12). The van der Waals surface area contributed by atoms with Crippen molar-refractivity contribution in [3.05, 3.63) is 0 Å². The Labute approximate surface area is 83.1 Å². The molecule has 1 N–H and O–H groups in total. The topological polar surface area (TPSA) is 49.4 Å². The molecule has 0 aromatic carbocycles. The zero-order chi connectivity index (χ0) is 9.84. The van der Waals surface area contributed by atoms with Crippen LogP contribution in [0.25, 0.3) is 0 Å². The third-order valence-electron chi connectivity index (χ3n) is 2.02. The molecule has 13 heavy (non-hydrogen) atoms. The molecule has 1 atom stereocenters. The molecule has 0 spiro atoms. The molecule has 5 heteroatoms. The average molecular weight is 202 g/mol. The number of unbranched alkanes of at least 4 members (excludes halogenated alkanes) is 1. The van der Waals surface area contributed by atoms with Crippen LogP contribution in [0.15, 0.2) is 0 Å². The smallest absolute Gasteiger partial charge is 0.324 e. The van der Waals surface area contributed by atoms with Gasteiger partial charge < -0.3 is 5.32 Å². The highest BCUT2D eigenvalue weighted by molar-refractivity contribution is 7.80. The van der Waals surface area contributed by atoms with Gasteiger partial charge in [0.1, 0.15) is 6.04 Å². The zero-order valence-corrected chi connectivity index (χ0v) is 8.51. The Bertz CT molecular complexity index is 220. The summed E-state index contributed by atoms with van der Waals surface area (Å²) in [6.07, 6.45) is 1.83. The predicted octanol–water partition coefficient (Wildman–Crippen LogP) is 0.637. The third kappa shape index (κ3) is 2.15. The Kier molecular flexibility index (Phi) is 3.59. The zero-order valence-electron chi connectivity index (χ0n) is 7.62. The molecule has 0 saturated carbocycles. The number of nitrogens with one attached hydrogen (secondary N) is 1. The highest BCUT2D eigenvalue weighted by atomic mass is 32.1. The molecule has 0 aromatic rings. The molecule has 1 fully saturated rings. The summed E-state index contributed by atoms with van der Waals surface area (Å²) in [7, 11) is 0. The molecule has 1 aliphatic rings. The minimum atomic E-state index is -0.423. The van der Waals surface area contributed by atoms with Crippen LogP contribution in [0.4, 0.5) is 4.79 Å². The molecular formula is C8H14N2O2S. The molecular weight excluding hydrogens is 188 g/mol.